The molecule has 3 aliphatic rings. The second-order valence-electron chi connectivity index (χ2n) is 9.12. The van der Waals surface area contributed by atoms with Gasteiger partial charge in [0, 0.05) is 50.4 Å². The highest BCUT2D eigenvalue weighted by atomic mass is 19.1. The van der Waals surface area contributed by atoms with Crippen LogP contribution < -0.4 is 10.4 Å². The number of anilines is 1. The van der Waals surface area contributed by atoms with E-state index in [1.165, 1.54) is 0 Å². The fourth-order valence-corrected chi connectivity index (χ4v) is 4.38. The van der Waals surface area contributed by atoms with Gasteiger partial charge in [-0.2, -0.15) is 0 Å². The Hall–Kier alpha value is -1.60. The van der Waals surface area contributed by atoms with Gasteiger partial charge >= 0.3 is 7.12 Å². The van der Waals surface area contributed by atoms with Gasteiger partial charge in [-0.3, -0.25) is 4.79 Å². The molecule has 0 saturated carbocycles. The van der Waals surface area contributed by atoms with E-state index in [0.29, 0.717) is 23.0 Å². The van der Waals surface area contributed by atoms with Crippen molar-refractivity contribution in [1.82, 2.24) is 4.90 Å². The molecule has 146 valence electrons. The van der Waals surface area contributed by atoms with Crippen LogP contribution in [0.25, 0.3) is 0 Å². The van der Waals surface area contributed by atoms with E-state index in [9.17, 15) is 4.79 Å². The lowest BCUT2D eigenvalue weighted by Crippen LogP contribution is -2.41. The van der Waals surface area contributed by atoms with Crippen molar-refractivity contribution in [2.45, 2.75) is 45.8 Å². The summed E-state index contributed by atoms with van der Waals surface area (Å²) in [6.07, 6.45) is 0. The number of hydrogen-bond acceptors (Lipinski definition) is 4. The molecule has 0 N–H and O–H groups in total. The summed E-state index contributed by atoms with van der Waals surface area (Å²) in [5.74, 6) is 0.687. The Morgan fingerprint density at radius 3 is 2.15 bits per heavy atom. The van der Waals surface area contributed by atoms with E-state index in [4.69, 9.17) is 9.31 Å². The molecule has 5 nitrogen and oxygen atoms in total. The molecule has 1 aromatic rings. The van der Waals surface area contributed by atoms with E-state index in [-0.39, 0.29) is 11.7 Å². The second-order valence-corrected chi connectivity index (χ2v) is 9.12. The maximum absolute atomic E-state index is 15.4. The zero-order chi connectivity index (χ0) is 19.6. The number of halogens is 1. The topological polar surface area (TPSA) is 42.0 Å². The van der Waals surface area contributed by atoms with Gasteiger partial charge in [-0.25, -0.2) is 4.39 Å². The van der Waals surface area contributed by atoms with E-state index in [1.807, 2.05) is 44.7 Å². The van der Waals surface area contributed by atoms with Gasteiger partial charge in [0.05, 0.1) is 16.9 Å². The third kappa shape index (κ3) is 3.05. The first-order valence-corrected chi connectivity index (χ1v) is 9.73. The van der Waals surface area contributed by atoms with Crippen LogP contribution >= 0.6 is 0 Å². The molecule has 1 aromatic carbocycles. The van der Waals surface area contributed by atoms with Crippen LogP contribution in [-0.4, -0.2) is 55.3 Å². The highest BCUT2D eigenvalue weighted by Crippen LogP contribution is 2.38. The van der Waals surface area contributed by atoms with Crippen molar-refractivity contribution in [2.75, 3.05) is 31.1 Å². The lowest BCUT2D eigenvalue weighted by atomic mass is 9.78. The van der Waals surface area contributed by atoms with Gasteiger partial charge in [-0.05, 0) is 33.8 Å². The molecule has 1 amide bonds. The van der Waals surface area contributed by atoms with E-state index in [2.05, 4.69) is 4.90 Å². The largest absolute Gasteiger partial charge is 0.497 e. The Labute approximate surface area is 160 Å². The van der Waals surface area contributed by atoms with Gasteiger partial charge in [0.2, 0.25) is 5.91 Å². The van der Waals surface area contributed by atoms with Crippen LogP contribution in [-0.2, 0) is 14.1 Å². The highest BCUT2D eigenvalue weighted by molar-refractivity contribution is 6.62. The summed E-state index contributed by atoms with van der Waals surface area (Å²) in [5, 5.41) is 0. The van der Waals surface area contributed by atoms with Gasteiger partial charge in [0.1, 0.15) is 5.82 Å². The quantitative estimate of drug-likeness (QED) is 0.744. The summed E-state index contributed by atoms with van der Waals surface area (Å²) < 4.78 is 27.5. The van der Waals surface area contributed by atoms with Crippen molar-refractivity contribution in [2.24, 2.45) is 11.8 Å². The molecule has 0 unspecified atom stereocenters. The Morgan fingerprint density at radius 1 is 1.07 bits per heavy atom. The lowest BCUT2D eigenvalue weighted by Gasteiger charge is -2.32. The number of carbonyl (C=O) groups is 1. The maximum atomic E-state index is 15.4. The van der Waals surface area contributed by atoms with Crippen molar-refractivity contribution < 1.29 is 18.5 Å². The fraction of sp³-hybridized carbons (Fsp3) is 0.650. The average Bonchev–Trinajstić information content (AvgIpc) is 3.17. The highest BCUT2D eigenvalue weighted by Gasteiger charge is 2.52. The van der Waals surface area contributed by atoms with Crippen LogP contribution in [0, 0.1) is 17.7 Å². The monoisotopic (exact) mass is 374 g/mol. The van der Waals surface area contributed by atoms with Crippen molar-refractivity contribution >= 4 is 24.2 Å². The lowest BCUT2D eigenvalue weighted by molar-refractivity contribution is -0.128. The molecule has 4 rings (SSSR count). The smallest absolute Gasteiger partial charge is 0.399 e. The predicted octanol–water partition coefficient (Wildman–Crippen LogP) is 2.04. The number of likely N-dealkylation sites (tertiary alicyclic amines) is 1. The van der Waals surface area contributed by atoms with E-state index in [1.54, 1.807) is 13.0 Å². The molecular weight excluding hydrogens is 346 g/mol. The summed E-state index contributed by atoms with van der Waals surface area (Å²) in [6.45, 7) is 12.6. The molecule has 3 saturated heterocycles. The van der Waals surface area contributed by atoms with Gasteiger partial charge in [0.15, 0.2) is 0 Å². The molecule has 0 aliphatic carbocycles. The van der Waals surface area contributed by atoms with E-state index >= 15 is 4.39 Å². The number of carbonyl (C=O) groups excluding carboxylic acids is 1. The maximum Gasteiger partial charge on any atom is 0.497 e. The fourth-order valence-electron chi connectivity index (χ4n) is 4.38. The Morgan fingerprint density at radius 2 is 1.63 bits per heavy atom. The second kappa shape index (κ2) is 6.21. The molecule has 27 heavy (non-hydrogen) atoms. The minimum absolute atomic E-state index is 0.130. The van der Waals surface area contributed by atoms with Crippen LogP contribution in [0.5, 0.6) is 0 Å². The molecule has 7 heteroatoms. The van der Waals surface area contributed by atoms with Crippen LogP contribution in [0.3, 0.4) is 0 Å². The van der Waals surface area contributed by atoms with E-state index in [0.717, 1.165) is 26.2 Å². The van der Waals surface area contributed by atoms with Gasteiger partial charge in [-0.15, -0.1) is 0 Å². The molecule has 0 aromatic heterocycles. The van der Waals surface area contributed by atoms with Crippen LogP contribution in [0.2, 0.25) is 0 Å². The normalized spacial score (nSPS) is 28.7. The standard InChI is InChI=1S/C20H28BFN2O3/c1-13(25)23-9-14-11-24(12-15(14)10-23)17-8-6-7-16(18(17)22)21-26-19(2,3)20(4,5)27-21/h6-8,14-15H,9-12H2,1-5H3/t14-,15+. The zero-order valence-corrected chi connectivity index (χ0v) is 16.8. The summed E-state index contributed by atoms with van der Waals surface area (Å²) >= 11 is 0. The summed E-state index contributed by atoms with van der Waals surface area (Å²) in [4.78, 5) is 15.6. The minimum atomic E-state index is -0.703. The first kappa shape index (κ1) is 18.8. The summed E-state index contributed by atoms with van der Waals surface area (Å²) in [5.41, 5.74) is 0.0570. The zero-order valence-electron chi connectivity index (χ0n) is 16.8. The SMILES string of the molecule is CC(=O)N1C[C@@H]2CN(c3cccc(B4OC(C)(C)C(C)(C)O4)c3F)C[C@@H]2C1. The van der Waals surface area contributed by atoms with Crippen molar-refractivity contribution in [3.63, 3.8) is 0 Å². The van der Waals surface area contributed by atoms with Crippen LogP contribution in [0.1, 0.15) is 34.6 Å². The van der Waals surface area contributed by atoms with Crippen molar-refractivity contribution in [3.8, 4) is 0 Å². The Bertz CT molecular complexity index is 740. The molecule has 0 bridgehead atoms. The molecule has 3 aliphatic heterocycles. The van der Waals surface area contributed by atoms with Gasteiger partial charge in [0.25, 0.3) is 0 Å². The van der Waals surface area contributed by atoms with Gasteiger partial charge in [-0.1, -0.05) is 12.1 Å². The first-order valence-electron chi connectivity index (χ1n) is 9.73. The third-order valence-corrected chi connectivity index (χ3v) is 6.79. The number of nitrogens with zero attached hydrogens (tertiary/aromatic N) is 2. The number of rotatable bonds is 2. The Balaban J connectivity index is 1.54. The first-order chi connectivity index (χ1) is 12.6. The van der Waals surface area contributed by atoms with Crippen molar-refractivity contribution in [3.05, 3.63) is 24.0 Å². The van der Waals surface area contributed by atoms with Crippen LogP contribution in [0.15, 0.2) is 18.2 Å². The molecule has 0 radical (unpaired) electrons. The molecule has 3 fully saturated rings. The molecule has 2 atom stereocenters. The minimum Gasteiger partial charge on any atom is -0.399 e. The van der Waals surface area contributed by atoms with Gasteiger partial charge < -0.3 is 19.1 Å². The summed E-state index contributed by atoms with van der Waals surface area (Å²) in [7, 11) is -0.703. The van der Waals surface area contributed by atoms with Crippen LogP contribution in [0.4, 0.5) is 10.1 Å². The Kier molecular flexibility index (Phi) is 4.31. The molecule has 3 heterocycles. The third-order valence-electron chi connectivity index (χ3n) is 6.79. The summed E-state index contributed by atoms with van der Waals surface area (Å²) in [6, 6.07) is 5.44. The predicted molar refractivity (Wildman–Crippen MR) is 104 cm³/mol. The molecule has 0 spiro atoms. The molecular formula is C20H28BFN2O3. The number of benzene rings is 1. The van der Waals surface area contributed by atoms with Crippen molar-refractivity contribution in [1.29, 1.82) is 0 Å². The average molecular weight is 374 g/mol. The van der Waals surface area contributed by atoms with E-state index < -0.39 is 18.3 Å². The number of amides is 1. The number of fused-ring (bicyclic) bond motifs is 1. The number of hydrogen-bond donors (Lipinski definition) is 0.